The van der Waals surface area contributed by atoms with E-state index in [1.807, 2.05) is 0 Å². The summed E-state index contributed by atoms with van der Waals surface area (Å²) in [5, 5.41) is 0.142. The zero-order chi connectivity index (χ0) is 10.9. The van der Waals surface area contributed by atoms with Crippen molar-refractivity contribution in [3.63, 3.8) is 0 Å². The van der Waals surface area contributed by atoms with Crippen molar-refractivity contribution in [2.45, 2.75) is 13.3 Å². The normalized spacial score (nSPS) is 10.6. The van der Waals surface area contributed by atoms with Crippen LogP contribution in [0.2, 0.25) is 5.02 Å². The van der Waals surface area contributed by atoms with Crippen molar-refractivity contribution < 1.29 is 13.6 Å². The minimum absolute atomic E-state index is 0.142. The molecule has 1 rings (SSSR count). The molecule has 0 bridgehead atoms. The van der Waals surface area contributed by atoms with Gasteiger partial charge in [0.05, 0.1) is 10.6 Å². The topological polar surface area (TPSA) is 56.0 Å². The van der Waals surface area contributed by atoms with Gasteiger partial charge in [-0.15, -0.1) is 0 Å². The minimum atomic E-state index is -2.84. The Kier molecular flexibility index (Phi) is 3.00. The van der Waals surface area contributed by atoms with Crippen LogP contribution in [0.3, 0.4) is 0 Å². The largest absolute Gasteiger partial charge is 0.366 e. The van der Waals surface area contributed by atoms with E-state index in [0.29, 0.717) is 0 Å². The zero-order valence-electron chi connectivity index (χ0n) is 7.22. The molecule has 6 heteroatoms. The molecule has 0 aliphatic heterocycles. The average Bonchev–Trinajstić information content (AvgIpc) is 2.08. The van der Waals surface area contributed by atoms with E-state index in [4.69, 9.17) is 17.3 Å². The number of alkyl halides is 2. The first-order valence-corrected chi connectivity index (χ1v) is 4.06. The van der Waals surface area contributed by atoms with Crippen LogP contribution in [-0.4, -0.2) is 10.9 Å². The van der Waals surface area contributed by atoms with E-state index in [1.165, 1.54) is 6.92 Å². The minimum Gasteiger partial charge on any atom is -0.366 e. The molecule has 0 atom stereocenters. The molecule has 14 heavy (non-hydrogen) atoms. The van der Waals surface area contributed by atoms with Gasteiger partial charge in [-0.1, -0.05) is 11.6 Å². The number of halogens is 3. The maximum atomic E-state index is 12.4. The number of amides is 1. The van der Waals surface area contributed by atoms with Crippen molar-refractivity contribution >= 4 is 17.5 Å². The van der Waals surface area contributed by atoms with Crippen molar-refractivity contribution in [2.75, 3.05) is 0 Å². The summed E-state index contributed by atoms with van der Waals surface area (Å²) < 4.78 is 24.8. The van der Waals surface area contributed by atoms with Crippen molar-refractivity contribution in [2.24, 2.45) is 5.73 Å². The molecular weight excluding hydrogens is 214 g/mol. The number of hydrogen-bond donors (Lipinski definition) is 1. The fourth-order valence-corrected chi connectivity index (χ4v) is 1.22. The smallest absolute Gasteiger partial charge is 0.281 e. The van der Waals surface area contributed by atoms with Gasteiger partial charge >= 0.3 is 0 Å². The van der Waals surface area contributed by atoms with Gasteiger partial charge in [-0.2, -0.15) is 0 Å². The Labute approximate surface area is 83.9 Å². The SMILES string of the molecule is Cc1c(Cl)cnc(C(F)F)c1C(N)=O. The zero-order valence-corrected chi connectivity index (χ0v) is 7.98. The third kappa shape index (κ3) is 1.82. The Morgan fingerprint density at radius 2 is 2.21 bits per heavy atom. The highest BCUT2D eigenvalue weighted by molar-refractivity contribution is 6.31. The lowest BCUT2D eigenvalue weighted by atomic mass is 10.1. The Morgan fingerprint density at radius 3 is 2.64 bits per heavy atom. The number of aromatic nitrogens is 1. The summed E-state index contributed by atoms with van der Waals surface area (Å²) in [7, 11) is 0. The monoisotopic (exact) mass is 220 g/mol. The van der Waals surface area contributed by atoms with Crippen LogP contribution in [0.1, 0.15) is 28.0 Å². The van der Waals surface area contributed by atoms with E-state index in [-0.39, 0.29) is 16.1 Å². The molecule has 3 nitrogen and oxygen atoms in total. The molecule has 1 amide bonds. The molecule has 0 spiro atoms. The maximum absolute atomic E-state index is 12.4. The number of rotatable bonds is 2. The molecule has 1 heterocycles. The standard InChI is InChI=1S/C8H7ClF2N2O/c1-3-4(9)2-13-6(7(10)11)5(3)8(12)14/h2,7H,1H3,(H2,12,14). The molecule has 0 radical (unpaired) electrons. The summed E-state index contributed by atoms with van der Waals surface area (Å²) in [5.74, 6) is -0.951. The lowest BCUT2D eigenvalue weighted by molar-refractivity contribution is 0.0982. The third-order valence-electron chi connectivity index (χ3n) is 1.76. The van der Waals surface area contributed by atoms with Crippen LogP contribution in [0.4, 0.5) is 8.78 Å². The number of carbonyl (C=O) groups excluding carboxylic acids is 1. The molecule has 2 N–H and O–H groups in total. The first kappa shape index (κ1) is 10.8. The predicted octanol–water partition coefficient (Wildman–Crippen LogP) is 2.08. The summed E-state index contributed by atoms with van der Waals surface area (Å²) in [6.07, 6.45) is -1.77. The Balaban J connectivity index is 3.45. The Morgan fingerprint density at radius 1 is 1.64 bits per heavy atom. The van der Waals surface area contributed by atoms with Crippen molar-refractivity contribution in [3.05, 3.63) is 28.0 Å². The summed E-state index contributed by atoms with van der Waals surface area (Å²) >= 11 is 5.62. The van der Waals surface area contributed by atoms with Crippen LogP contribution in [0, 0.1) is 6.92 Å². The highest BCUT2D eigenvalue weighted by Gasteiger charge is 2.21. The van der Waals surface area contributed by atoms with Gasteiger partial charge in [-0.05, 0) is 12.5 Å². The molecule has 0 saturated carbocycles. The maximum Gasteiger partial charge on any atom is 0.281 e. The first-order chi connectivity index (χ1) is 6.45. The van der Waals surface area contributed by atoms with Gasteiger partial charge in [0.15, 0.2) is 0 Å². The van der Waals surface area contributed by atoms with Gasteiger partial charge in [0.2, 0.25) is 0 Å². The summed E-state index contributed by atoms with van der Waals surface area (Å²) in [6.45, 7) is 1.44. The van der Waals surface area contributed by atoms with Crippen LogP contribution in [0.5, 0.6) is 0 Å². The highest BCUT2D eigenvalue weighted by atomic mass is 35.5. The van der Waals surface area contributed by atoms with Crippen LogP contribution in [0.15, 0.2) is 6.20 Å². The molecule has 0 aliphatic rings. The van der Waals surface area contributed by atoms with E-state index < -0.39 is 18.0 Å². The predicted molar refractivity (Wildman–Crippen MR) is 47.5 cm³/mol. The summed E-state index contributed by atoms with van der Waals surface area (Å²) in [5.41, 5.74) is 4.25. The quantitative estimate of drug-likeness (QED) is 0.830. The van der Waals surface area contributed by atoms with Crippen LogP contribution < -0.4 is 5.73 Å². The van der Waals surface area contributed by atoms with Gasteiger partial charge in [0.25, 0.3) is 12.3 Å². The molecule has 0 unspecified atom stereocenters. The highest BCUT2D eigenvalue weighted by Crippen LogP contribution is 2.26. The summed E-state index contributed by atoms with van der Waals surface area (Å²) in [4.78, 5) is 14.3. The van der Waals surface area contributed by atoms with E-state index in [1.54, 1.807) is 0 Å². The number of primary amides is 1. The molecule has 0 saturated heterocycles. The van der Waals surface area contributed by atoms with Crippen LogP contribution >= 0.6 is 11.6 Å². The molecule has 0 aliphatic carbocycles. The molecule has 0 aromatic carbocycles. The van der Waals surface area contributed by atoms with Gasteiger partial charge in [0.1, 0.15) is 5.69 Å². The second-order valence-corrected chi connectivity index (χ2v) is 3.06. The average molecular weight is 221 g/mol. The number of hydrogen-bond acceptors (Lipinski definition) is 2. The Hall–Kier alpha value is -1.23. The number of carbonyl (C=O) groups is 1. The third-order valence-corrected chi connectivity index (χ3v) is 2.14. The second kappa shape index (κ2) is 3.88. The van der Waals surface area contributed by atoms with Gasteiger partial charge in [-0.3, -0.25) is 9.78 Å². The lowest BCUT2D eigenvalue weighted by Gasteiger charge is -2.08. The molecule has 1 aromatic heterocycles. The fraction of sp³-hybridized carbons (Fsp3) is 0.250. The van der Waals surface area contributed by atoms with E-state index in [9.17, 15) is 13.6 Å². The van der Waals surface area contributed by atoms with Crippen molar-refractivity contribution in [1.82, 2.24) is 4.98 Å². The van der Waals surface area contributed by atoms with Crippen molar-refractivity contribution in [3.8, 4) is 0 Å². The van der Waals surface area contributed by atoms with Crippen LogP contribution in [-0.2, 0) is 0 Å². The van der Waals surface area contributed by atoms with E-state index in [0.717, 1.165) is 6.20 Å². The molecule has 1 aromatic rings. The number of nitrogens with two attached hydrogens (primary N) is 1. The Bertz CT molecular complexity index is 382. The second-order valence-electron chi connectivity index (χ2n) is 2.66. The van der Waals surface area contributed by atoms with Gasteiger partial charge in [0, 0.05) is 6.20 Å². The van der Waals surface area contributed by atoms with E-state index in [2.05, 4.69) is 4.98 Å². The van der Waals surface area contributed by atoms with Gasteiger partial charge in [-0.25, -0.2) is 8.78 Å². The van der Waals surface area contributed by atoms with Crippen LogP contribution in [0.25, 0.3) is 0 Å². The summed E-state index contributed by atoms with van der Waals surface area (Å²) in [6, 6.07) is 0. The lowest BCUT2D eigenvalue weighted by Crippen LogP contribution is -2.17. The molecule has 76 valence electrons. The molecule has 0 fully saturated rings. The van der Waals surface area contributed by atoms with E-state index >= 15 is 0 Å². The fourth-order valence-electron chi connectivity index (χ4n) is 1.08. The molecular formula is C8H7ClF2N2O. The number of nitrogens with zero attached hydrogens (tertiary/aromatic N) is 1. The van der Waals surface area contributed by atoms with Gasteiger partial charge < -0.3 is 5.73 Å². The van der Waals surface area contributed by atoms with Crippen molar-refractivity contribution in [1.29, 1.82) is 0 Å². The number of pyridine rings is 1. The first-order valence-electron chi connectivity index (χ1n) is 3.68.